The number of halogens is 2. The molecule has 1 aromatic heterocycles. The lowest BCUT2D eigenvalue weighted by molar-refractivity contribution is 0.0713. The molecule has 1 aliphatic heterocycles. The van der Waals surface area contributed by atoms with E-state index in [9.17, 15) is 13.6 Å². The van der Waals surface area contributed by atoms with E-state index in [0.29, 0.717) is 35.0 Å². The average molecular weight is 412 g/mol. The first-order valence-corrected chi connectivity index (χ1v) is 9.22. The fourth-order valence-electron chi connectivity index (χ4n) is 3.46. The number of hydrogen-bond donors (Lipinski definition) is 0. The van der Waals surface area contributed by atoms with Gasteiger partial charge < -0.3 is 14.3 Å². The summed E-state index contributed by atoms with van der Waals surface area (Å²) in [6.07, 6.45) is 0.417. The molecule has 4 rings (SSSR count). The second-order valence-corrected chi connectivity index (χ2v) is 6.87. The highest BCUT2D eigenvalue weighted by Gasteiger charge is 2.38. The number of carbonyl (C=O) groups excluding carboxylic acids is 1. The summed E-state index contributed by atoms with van der Waals surface area (Å²) in [5.41, 5.74) is 1.87. The summed E-state index contributed by atoms with van der Waals surface area (Å²) in [5, 5.41) is 7.76. The van der Waals surface area contributed by atoms with Crippen LogP contribution in [0.2, 0.25) is 0 Å². The Morgan fingerprint density at radius 2 is 2.00 bits per heavy atom. The minimum absolute atomic E-state index is 0.255. The molecule has 7 nitrogen and oxygen atoms in total. The number of aromatic nitrogens is 2. The Bertz CT molecular complexity index is 1110. The van der Waals surface area contributed by atoms with Gasteiger partial charge in [0, 0.05) is 23.6 Å². The first kappa shape index (κ1) is 19.7. The fourth-order valence-corrected chi connectivity index (χ4v) is 3.46. The Morgan fingerprint density at radius 1 is 1.23 bits per heavy atom. The first-order valence-electron chi connectivity index (χ1n) is 9.22. The van der Waals surface area contributed by atoms with Crippen LogP contribution in [-0.4, -0.2) is 40.3 Å². The van der Waals surface area contributed by atoms with Gasteiger partial charge in [0.1, 0.15) is 24.8 Å². The number of benzene rings is 2. The molecule has 1 amide bonds. The number of rotatable bonds is 4. The van der Waals surface area contributed by atoms with Crippen LogP contribution in [0.15, 0.2) is 52.1 Å². The van der Waals surface area contributed by atoms with E-state index < -0.39 is 17.7 Å². The third kappa shape index (κ3) is 3.78. The molecule has 0 N–H and O–H groups in total. The monoisotopic (exact) mass is 412 g/mol. The van der Waals surface area contributed by atoms with Gasteiger partial charge in [0.25, 0.3) is 5.91 Å². The van der Waals surface area contributed by atoms with Gasteiger partial charge >= 0.3 is 0 Å². The van der Waals surface area contributed by atoms with E-state index in [1.54, 1.807) is 36.1 Å². The minimum atomic E-state index is -0.666. The smallest absolute Gasteiger partial charge is 0.254 e. The summed E-state index contributed by atoms with van der Waals surface area (Å²) < 4.78 is 32.4. The molecular formula is C21H18F2N4O3. The van der Waals surface area contributed by atoms with E-state index in [0.717, 1.165) is 6.07 Å². The number of oxime groups is 1. The molecule has 1 aliphatic rings. The average Bonchev–Trinajstić information content (AvgIpc) is 3.34. The predicted molar refractivity (Wildman–Crippen MR) is 104 cm³/mol. The molecule has 0 unspecified atom stereocenters. The Labute approximate surface area is 170 Å². The minimum Gasteiger partial charge on any atom is -0.399 e. The van der Waals surface area contributed by atoms with E-state index in [-0.39, 0.29) is 18.0 Å². The second kappa shape index (κ2) is 8.02. The Morgan fingerprint density at radius 3 is 2.63 bits per heavy atom. The van der Waals surface area contributed by atoms with Crippen molar-refractivity contribution in [3.63, 3.8) is 0 Å². The molecule has 2 aromatic carbocycles. The molecular weight excluding hydrogens is 394 g/mol. The lowest BCUT2D eigenvalue weighted by Gasteiger charge is -2.21. The van der Waals surface area contributed by atoms with Gasteiger partial charge in [-0.3, -0.25) is 4.79 Å². The van der Waals surface area contributed by atoms with Crippen molar-refractivity contribution in [2.24, 2.45) is 5.16 Å². The molecule has 0 aliphatic carbocycles. The molecule has 0 spiro atoms. The number of aryl methyl sites for hydroxylation is 1. The van der Waals surface area contributed by atoms with Crippen molar-refractivity contribution < 1.29 is 22.9 Å². The third-order valence-electron chi connectivity index (χ3n) is 4.84. The summed E-state index contributed by atoms with van der Waals surface area (Å²) in [6, 6.07) is 9.36. The molecule has 0 saturated carbocycles. The van der Waals surface area contributed by atoms with E-state index in [1.165, 1.54) is 19.2 Å². The lowest BCUT2D eigenvalue weighted by Crippen LogP contribution is -2.31. The van der Waals surface area contributed by atoms with Crippen molar-refractivity contribution >= 4 is 11.6 Å². The molecule has 30 heavy (non-hydrogen) atoms. The highest BCUT2D eigenvalue weighted by Crippen LogP contribution is 2.32. The zero-order chi connectivity index (χ0) is 21.3. The van der Waals surface area contributed by atoms with Gasteiger partial charge in [-0.1, -0.05) is 22.4 Å². The first-order chi connectivity index (χ1) is 14.5. The number of hydrogen-bond acceptors (Lipinski definition) is 6. The Balaban J connectivity index is 1.61. The third-order valence-corrected chi connectivity index (χ3v) is 4.84. The van der Waals surface area contributed by atoms with Gasteiger partial charge in [-0.15, -0.1) is 0 Å². The van der Waals surface area contributed by atoms with Crippen LogP contribution in [0.25, 0.3) is 11.1 Å². The Kier molecular flexibility index (Phi) is 5.26. The van der Waals surface area contributed by atoms with Crippen LogP contribution in [0.1, 0.15) is 34.5 Å². The van der Waals surface area contributed by atoms with Crippen molar-refractivity contribution in [1.29, 1.82) is 0 Å². The molecule has 0 bridgehead atoms. The number of likely N-dealkylation sites (tertiary alicyclic amines) is 1. The SMILES string of the molecule is CO/N=C1\C[C@@H](c2nc(C)no2)N(C(=O)c2ccc(-c3ccc(F)cc3F)cc2)C1. The molecule has 2 heterocycles. The topological polar surface area (TPSA) is 80.8 Å². The van der Waals surface area contributed by atoms with E-state index in [1.807, 2.05) is 0 Å². The van der Waals surface area contributed by atoms with Gasteiger partial charge in [-0.2, -0.15) is 4.98 Å². The second-order valence-electron chi connectivity index (χ2n) is 6.87. The van der Waals surface area contributed by atoms with Crippen molar-refractivity contribution in [1.82, 2.24) is 15.0 Å². The maximum atomic E-state index is 14.0. The van der Waals surface area contributed by atoms with Crippen LogP contribution in [0.3, 0.4) is 0 Å². The van der Waals surface area contributed by atoms with Crippen LogP contribution >= 0.6 is 0 Å². The maximum Gasteiger partial charge on any atom is 0.254 e. The van der Waals surface area contributed by atoms with Crippen molar-refractivity contribution in [2.75, 3.05) is 13.7 Å². The maximum absolute atomic E-state index is 14.0. The summed E-state index contributed by atoms with van der Waals surface area (Å²) in [5.74, 6) is -0.774. The summed E-state index contributed by atoms with van der Waals surface area (Å²) in [7, 11) is 1.44. The van der Waals surface area contributed by atoms with Crippen molar-refractivity contribution in [3.05, 3.63) is 71.4 Å². The normalized spacial score (nSPS) is 17.5. The van der Waals surface area contributed by atoms with Crippen LogP contribution in [0.5, 0.6) is 0 Å². The van der Waals surface area contributed by atoms with Crippen molar-refractivity contribution in [3.8, 4) is 11.1 Å². The summed E-state index contributed by atoms with van der Waals surface area (Å²) in [4.78, 5) is 23.8. The molecule has 1 saturated heterocycles. The highest BCUT2D eigenvalue weighted by atomic mass is 19.1. The quantitative estimate of drug-likeness (QED) is 0.607. The fraction of sp³-hybridized carbons (Fsp3) is 0.238. The number of amides is 1. The van der Waals surface area contributed by atoms with Gasteiger partial charge in [-0.05, 0) is 36.8 Å². The number of nitrogens with zero attached hydrogens (tertiary/aromatic N) is 4. The highest BCUT2D eigenvalue weighted by molar-refractivity contribution is 6.00. The zero-order valence-corrected chi connectivity index (χ0v) is 16.3. The predicted octanol–water partition coefficient (Wildman–Crippen LogP) is 3.91. The molecule has 3 aromatic rings. The lowest BCUT2D eigenvalue weighted by atomic mass is 10.0. The van der Waals surface area contributed by atoms with Crippen LogP contribution in [-0.2, 0) is 4.84 Å². The van der Waals surface area contributed by atoms with Crippen molar-refractivity contribution in [2.45, 2.75) is 19.4 Å². The van der Waals surface area contributed by atoms with Gasteiger partial charge in [0.2, 0.25) is 5.89 Å². The van der Waals surface area contributed by atoms with Gasteiger partial charge in [0.15, 0.2) is 5.82 Å². The van der Waals surface area contributed by atoms with Crippen LogP contribution in [0, 0.1) is 18.6 Å². The van der Waals surface area contributed by atoms with Crippen LogP contribution < -0.4 is 0 Å². The van der Waals surface area contributed by atoms with E-state index >= 15 is 0 Å². The Hall–Kier alpha value is -3.62. The zero-order valence-electron chi connectivity index (χ0n) is 16.3. The standard InChI is InChI=1S/C21H18F2N4O3/c1-12-24-20(30-25-12)19-10-16(26-29-2)11-27(19)21(28)14-5-3-13(4-6-14)17-8-7-15(22)9-18(17)23/h3-9,19H,10-11H2,1-2H3/b26-16+/t19-/m0/s1. The number of carbonyl (C=O) groups is 1. The molecule has 0 radical (unpaired) electrons. The molecule has 9 heteroatoms. The largest absolute Gasteiger partial charge is 0.399 e. The molecule has 1 atom stereocenters. The molecule has 154 valence electrons. The van der Waals surface area contributed by atoms with E-state index in [2.05, 4.69) is 15.3 Å². The summed E-state index contributed by atoms with van der Waals surface area (Å²) in [6.45, 7) is 1.96. The molecule has 1 fully saturated rings. The van der Waals surface area contributed by atoms with Gasteiger partial charge in [0.05, 0.1) is 12.3 Å². The van der Waals surface area contributed by atoms with Crippen LogP contribution in [0.4, 0.5) is 8.78 Å². The summed E-state index contributed by atoms with van der Waals surface area (Å²) >= 11 is 0. The van der Waals surface area contributed by atoms with Gasteiger partial charge in [-0.25, -0.2) is 8.78 Å². The van der Waals surface area contributed by atoms with E-state index in [4.69, 9.17) is 9.36 Å².